The van der Waals surface area contributed by atoms with Crippen LogP contribution in [0.4, 0.5) is 0 Å². The molecular weight excluding hydrogens is 234 g/mol. The molecule has 0 aliphatic carbocycles. The average molecular weight is 241 g/mol. The molecule has 0 atom stereocenters. The van der Waals surface area contributed by atoms with Crippen molar-refractivity contribution in [2.45, 2.75) is 4.90 Å². The predicted octanol–water partition coefficient (Wildman–Crippen LogP) is 1.33. The Morgan fingerprint density at radius 2 is 2.13 bits per heavy atom. The van der Waals surface area contributed by atoms with Crippen LogP contribution < -0.4 is 0 Å². The smallest absolute Gasteiger partial charge is 0.266 e. The quantitative estimate of drug-likeness (QED) is 0.579. The molecular formula is C9H7NO3S2. The van der Waals surface area contributed by atoms with Crippen LogP contribution in [0, 0.1) is 0 Å². The fourth-order valence-corrected chi connectivity index (χ4v) is 1.72. The number of hydrogen-bond donors (Lipinski definition) is 0. The van der Waals surface area contributed by atoms with Crippen molar-refractivity contribution >= 4 is 33.1 Å². The molecule has 0 spiro atoms. The molecule has 0 saturated heterocycles. The van der Waals surface area contributed by atoms with Crippen molar-refractivity contribution in [3.63, 3.8) is 0 Å². The first-order valence-electron chi connectivity index (χ1n) is 3.87. The number of aliphatic imine (C=N–C) groups is 1. The predicted molar refractivity (Wildman–Crippen MR) is 58.9 cm³/mol. The molecule has 0 aromatic heterocycles. The van der Waals surface area contributed by atoms with E-state index in [-0.39, 0.29) is 10.5 Å². The first kappa shape index (κ1) is 11.7. The van der Waals surface area contributed by atoms with Gasteiger partial charge in [-0.2, -0.15) is 4.99 Å². The Morgan fingerprint density at radius 1 is 1.47 bits per heavy atom. The fourth-order valence-electron chi connectivity index (χ4n) is 0.966. The molecule has 1 rings (SSSR count). The summed E-state index contributed by atoms with van der Waals surface area (Å²) in [4.78, 5) is 14.6. The highest BCUT2D eigenvalue weighted by molar-refractivity contribution is 7.90. The molecule has 0 aliphatic rings. The minimum absolute atomic E-state index is 0.0768. The van der Waals surface area contributed by atoms with E-state index in [0.717, 1.165) is 6.26 Å². The van der Waals surface area contributed by atoms with Gasteiger partial charge in [0.05, 0.1) is 10.1 Å². The molecule has 0 radical (unpaired) electrons. The monoisotopic (exact) mass is 241 g/mol. The number of thiocarbonyl (C=S) groups is 1. The van der Waals surface area contributed by atoms with Gasteiger partial charge in [0.15, 0.2) is 9.84 Å². The number of sulfone groups is 1. The summed E-state index contributed by atoms with van der Waals surface area (Å²) >= 11 is 4.28. The Balaban J connectivity index is 3.25. The average Bonchev–Trinajstić information content (AvgIpc) is 2.17. The number of benzene rings is 1. The lowest BCUT2D eigenvalue weighted by Gasteiger charge is -1.99. The van der Waals surface area contributed by atoms with Crippen LogP contribution in [0.15, 0.2) is 34.2 Å². The maximum absolute atomic E-state index is 11.2. The van der Waals surface area contributed by atoms with Gasteiger partial charge in [-0.1, -0.05) is 6.07 Å². The summed E-state index contributed by atoms with van der Waals surface area (Å²) < 4.78 is 22.4. The SMILES string of the molecule is CS(=O)(=O)c1cccc(C(=O)N=C=S)c1. The molecule has 4 nitrogen and oxygen atoms in total. The Hall–Kier alpha value is -1.36. The zero-order valence-electron chi connectivity index (χ0n) is 7.80. The third-order valence-corrected chi connectivity index (χ3v) is 2.86. The second kappa shape index (κ2) is 4.44. The lowest BCUT2D eigenvalue weighted by atomic mass is 10.2. The number of hydrogen-bond acceptors (Lipinski definition) is 4. The van der Waals surface area contributed by atoms with E-state index < -0.39 is 15.7 Å². The van der Waals surface area contributed by atoms with Crippen LogP contribution in [0.25, 0.3) is 0 Å². The van der Waals surface area contributed by atoms with Crippen molar-refractivity contribution in [1.82, 2.24) is 0 Å². The molecule has 15 heavy (non-hydrogen) atoms. The standard InChI is InChI=1S/C9H7NO3S2/c1-15(12,13)8-4-2-3-7(5-8)9(11)10-6-14/h2-5H,1H3. The van der Waals surface area contributed by atoms with E-state index in [1.807, 2.05) is 5.16 Å². The topological polar surface area (TPSA) is 63.6 Å². The third kappa shape index (κ3) is 3.06. The molecule has 78 valence electrons. The van der Waals surface area contributed by atoms with Gasteiger partial charge in [0.25, 0.3) is 5.91 Å². The lowest BCUT2D eigenvalue weighted by Crippen LogP contribution is -2.00. The Bertz CT molecular complexity index is 542. The van der Waals surface area contributed by atoms with Gasteiger partial charge >= 0.3 is 0 Å². The summed E-state index contributed by atoms with van der Waals surface area (Å²) in [5, 5.41) is 1.93. The first-order chi connectivity index (χ1) is 6.95. The molecule has 0 unspecified atom stereocenters. The van der Waals surface area contributed by atoms with Gasteiger partial charge in [-0.3, -0.25) is 4.79 Å². The Kier molecular flexibility index (Phi) is 3.47. The summed E-state index contributed by atoms with van der Waals surface area (Å²) in [6.07, 6.45) is 1.07. The highest BCUT2D eigenvalue weighted by Gasteiger charge is 2.10. The van der Waals surface area contributed by atoms with Crippen molar-refractivity contribution < 1.29 is 13.2 Å². The zero-order chi connectivity index (χ0) is 11.5. The molecule has 1 aromatic carbocycles. The van der Waals surface area contributed by atoms with Crippen LogP contribution in [0.1, 0.15) is 10.4 Å². The van der Waals surface area contributed by atoms with E-state index in [1.54, 1.807) is 0 Å². The van der Waals surface area contributed by atoms with Crippen LogP contribution in [0.5, 0.6) is 0 Å². The van der Waals surface area contributed by atoms with Crippen molar-refractivity contribution in [2.24, 2.45) is 4.99 Å². The summed E-state index contributed by atoms with van der Waals surface area (Å²) in [7, 11) is -3.31. The maximum atomic E-state index is 11.2. The minimum atomic E-state index is -3.31. The van der Waals surface area contributed by atoms with Crippen LogP contribution in [-0.2, 0) is 9.84 Å². The minimum Gasteiger partial charge on any atom is -0.266 e. The van der Waals surface area contributed by atoms with Crippen molar-refractivity contribution in [3.8, 4) is 0 Å². The summed E-state index contributed by atoms with van der Waals surface area (Å²) in [5.41, 5.74) is 0.176. The van der Waals surface area contributed by atoms with Crippen LogP contribution in [0.3, 0.4) is 0 Å². The normalized spacial score (nSPS) is 10.5. The van der Waals surface area contributed by atoms with Crippen LogP contribution in [0.2, 0.25) is 0 Å². The molecule has 0 heterocycles. The van der Waals surface area contributed by atoms with Gasteiger partial charge in [0.2, 0.25) is 0 Å². The molecule has 0 fully saturated rings. The number of isothiocyanates is 1. The molecule has 0 N–H and O–H groups in total. The largest absolute Gasteiger partial charge is 0.285 e. The summed E-state index contributed by atoms with van der Waals surface area (Å²) in [6, 6.07) is 5.61. The van der Waals surface area contributed by atoms with Gasteiger partial charge in [-0.25, -0.2) is 8.42 Å². The molecule has 0 saturated carbocycles. The van der Waals surface area contributed by atoms with Crippen molar-refractivity contribution in [1.29, 1.82) is 0 Å². The molecule has 0 aliphatic heterocycles. The second-order valence-electron chi connectivity index (χ2n) is 2.81. The number of carbonyl (C=O) groups excluding carboxylic acids is 1. The van der Waals surface area contributed by atoms with Crippen LogP contribution >= 0.6 is 12.2 Å². The van der Waals surface area contributed by atoms with Crippen molar-refractivity contribution in [3.05, 3.63) is 29.8 Å². The second-order valence-corrected chi connectivity index (χ2v) is 5.01. The number of nitrogens with zero attached hydrogens (tertiary/aromatic N) is 1. The maximum Gasteiger partial charge on any atom is 0.285 e. The lowest BCUT2D eigenvalue weighted by molar-refractivity contribution is 0.100. The van der Waals surface area contributed by atoms with Gasteiger partial charge in [0, 0.05) is 11.8 Å². The Morgan fingerprint density at radius 3 is 2.67 bits per heavy atom. The van der Waals surface area contributed by atoms with E-state index in [1.165, 1.54) is 24.3 Å². The highest BCUT2D eigenvalue weighted by atomic mass is 32.2. The highest BCUT2D eigenvalue weighted by Crippen LogP contribution is 2.11. The van der Waals surface area contributed by atoms with E-state index in [0.29, 0.717) is 0 Å². The van der Waals surface area contributed by atoms with Gasteiger partial charge < -0.3 is 0 Å². The van der Waals surface area contributed by atoms with E-state index in [2.05, 4.69) is 17.2 Å². The number of rotatable bonds is 2. The number of amides is 1. The van der Waals surface area contributed by atoms with Crippen LogP contribution in [-0.4, -0.2) is 25.7 Å². The summed E-state index contributed by atoms with van der Waals surface area (Å²) in [5.74, 6) is -0.601. The molecule has 0 bridgehead atoms. The van der Waals surface area contributed by atoms with Gasteiger partial charge in [0.1, 0.15) is 0 Å². The molecule has 6 heteroatoms. The van der Waals surface area contributed by atoms with Gasteiger partial charge in [-0.05, 0) is 30.4 Å². The number of carbonyl (C=O) groups is 1. The van der Waals surface area contributed by atoms with E-state index in [9.17, 15) is 13.2 Å². The Labute approximate surface area is 92.6 Å². The molecule has 1 aromatic rings. The van der Waals surface area contributed by atoms with Crippen molar-refractivity contribution in [2.75, 3.05) is 6.26 Å². The first-order valence-corrected chi connectivity index (χ1v) is 6.17. The van der Waals surface area contributed by atoms with Gasteiger partial charge in [-0.15, -0.1) is 0 Å². The van der Waals surface area contributed by atoms with E-state index >= 15 is 0 Å². The molecule has 1 amide bonds. The zero-order valence-corrected chi connectivity index (χ0v) is 9.43. The summed E-state index contributed by atoms with van der Waals surface area (Å²) in [6.45, 7) is 0. The third-order valence-electron chi connectivity index (χ3n) is 1.66. The fraction of sp³-hybridized carbons (Fsp3) is 0.111. The van der Waals surface area contributed by atoms with E-state index in [4.69, 9.17) is 0 Å².